The second-order valence-corrected chi connectivity index (χ2v) is 9.74. The Bertz CT molecular complexity index is 916. The second kappa shape index (κ2) is 12.7. The molecule has 0 saturated heterocycles. The number of rotatable bonds is 10. The minimum absolute atomic E-state index is 0.289. The highest BCUT2D eigenvalue weighted by Gasteiger charge is 2.12. The van der Waals surface area contributed by atoms with Gasteiger partial charge in [-0.3, -0.25) is 0 Å². The fourth-order valence-electron chi connectivity index (χ4n) is 2.10. The zero-order valence-corrected chi connectivity index (χ0v) is 18.2. The van der Waals surface area contributed by atoms with Gasteiger partial charge in [0.15, 0.2) is 0 Å². The molecule has 0 atom stereocenters. The predicted molar refractivity (Wildman–Crippen MR) is 115 cm³/mol. The first-order valence-corrected chi connectivity index (χ1v) is 12.2. The van der Waals surface area contributed by atoms with Gasteiger partial charge in [-0.25, -0.2) is 26.3 Å². The zero-order valence-electron chi connectivity index (χ0n) is 16.5. The fraction of sp³-hybridized carbons (Fsp3) is 0.368. The molecule has 0 aliphatic carbocycles. The van der Waals surface area contributed by atoms with Crippen molar-refractivity contribution < 1.29 is 16.8 Å². The van der Waals surface area contributed by atoms with Crippen LogP contribution in [0.1, 0.15) is 18.4 Å². The van der Waals surface area contributed by atoms with E-state index in [4.69, 9.17) is 11.5 Å². The summed E-state index contributed by atoms with van der Waals surface area (Å²) in [5.41, 5.74) is 11.6. The molecular formula is C19H30N4O4S2. The monoisotopic (exact) mass is 442 g/mol. The lowest BCUT2D eigenvalue weighted by Crippen LogP contribution is -2.26. The standard InChI is InChI=1S/C10H16N2O2S.C9H14N2O2S/c1-9-3-5-10(6-4-9)15(13,14)12-8-2-7-11;10-7-4-8-11-14(12,13)9-5-2-1-3-6-9/h3-6,12H,2,7-8,11H2,1H3;1-3,5-6,11H,4,7-8,10H2. The lowest BCUT2D eigenvalue weighted by molar-refractivity contribution is 0.578. The van der Waals surface area contributed by atoms with Crippen LogP contribution in [0.2, 0.25) is 0 Å². The molecule has 0 unspecified atom stereocenters. The van der Waals surface area contributed by atoms with Crippen molar-refractivity contribution in [2.75, 3.05) is 26.2 Å². The highest BCUT2D eigenvalue weighted by Crippen LogP contribution is 2.09. The minimum atomic E-state index is -3.35. The van der Waals surface area contributed by atoms with Gasteiger partial charge in [-0.1, -0.05) is 35.9 Å². The molecule has 0 fully saturated rings. The van der Waals surface area contributed by atoms with Gasteiger partial charge in [-0.15, -0.1) is 0 Å². The number of nitrogens with two attached hydrogens (primary N) is 2. The van der Waals surface area contributed by atoms with Gasteiger partial charge in [-0.2, -0.15) is 0 Å². The maximum atomic E-state index is 11.7. The molecule has 0 spiro atoms. The molecule has 6 N–H and O–H groups in total. The molecule has 0 aromatic heterocycles. The maximum absolute atomic E-state index is 11.7. The van der Waals surface area contributed by atoms with Crippen LogP contribution in [0.5, 0.6) is 0 Å². The number of benzene rings is 2. The van der Waals surface area contributed by atoms with Crippen LogP contribution in [0, 0.1) is 6.92 Å². The van der Waals surface area contributed by atoms with Crippen LogP contribution in [-0.2, 0) is 20.0 Å². The van der Waals surface area contributed by atoms with Gasteiger partial charge < -0.3 is 11.5 Å². The fourth-order valence-corrected chi connectivity index (χ4v) is 4.27. The molecule has 2 aromatic rings. The third-order valence-electron chi connectivity index (χ3n) is 3.73. The Labute approximate surface area is 173 Å². The van der Waals surface area contributed by atoms with Crippen LogP contribution >= 0.6 is 0 Å². The van der Waals surface area contributed by atoms with Gasteiger partial charge in [0, 0.05) is 13.1 Å². The highest BCUT2D eigenvalue weighted by atomic mass is 32.2. The quantitative estimate of drug-likeness (QED) is 0.403. The van der Waals surface area contributed by atoms with Crippen molar-refractivity contribution in [2.45, 2.75) is 29.6 Å². The second-order valence-electron chi connectivity index (χ2n) is 6.21. The summed E-state index contributed by atoms with van der Waals surface area (Å²) in [6.45, 7) is 3.65. The van der Waals surface area contributed by atoms with Crippen LogP contribution in [0.25, 0.3) is 0 Å². The van der Waals surface area contributed by atoms with Gasteiger partial charge >= 0.3 is 0 Å². The summed E-state index contributed by atoms with van der Waals surface area (Å²) in [6, 6.07) is 15.0. The van der Waals surface area contributed by atoms with E-state index in [-0.39, 0.29) is 4.90 Å². The van der Waals surface area contributed by atoms with Crippen molar-refractivity contribution in [3.8, 4) is 0 Å². The summed E-state index contributed by atoms with van der Waals surface area (Å²) in [5, 5.41) is 0. The highest BCUT2D eigenvalue weighted by molar-refractivity contribution is 7.89. The molecule has 162 valence electrons. The first-order valence-electron chi connectivity index (χ1n) is 9.24. The molecule has 0 bridgehead atoms. The SMILES string of the molecule is Cc1ccc(S(=O)(=O)NCCCN)cc1.NCCCNS(=O)(=O)c1ccccc1. The molecule has 10 heteroatoms. The van der Waals surface area contributed by atoms with Crippen LogP contribution in [-0.4, -0.2) is 43.0 Å². The topological polar surface area (TPSA) is 144 Å². The van der Waals surface area contributed by atoms with Crippen molar-refractivity contribution >= 4 is 20.0 Å². The first-order chi connectivity index (χ1) is 13.7. The van der Waals surface area contributed by atoms with E-state index in [0.29, 0.717) is 43.9 Å². The first kappa shape index (κ1) is 25.2. The Morgan fingerprint density at radius 2 is 1.10 bits per heavy atom. The zero-order chi connectivity index (χ0) is 21.8. The van der Waals surface area contributed by atoms with Crippen molar-refractivity contribution in [3.05, 3.63) is 60.2 Å². The van der Waals surface area contributed by atoms with Crippen LogP contribution in [0.4, 0.5) is 0 Å². The maximum Gasteiger partial charge on any atom is 0.240 e. The third-order valence-corrected chi connectivity index (χ3v) is 6.68. The summed E-state index contributed by atoms with van der Waals surface area (Å²) in [6.07, 6.45) is 1.29. The molecule has 0 aliphatic heterocycles. The number of aryl methyl sites for hydroxylation is 1. The largest absolute Gasteiger partial charge is 0.330 e. The Balaban J connectivity index is 0.000000291. The predicted octanol–water partition coefficient (Wildman–Crippen LogP) is 0.936. The lowest BCUT2D eigenvalue weighted by atomic mass is 10.2. The normalized spacial score (nSPS) is 11.6. The molecule has 0 radical (unpaired) electrons. The van der Waals surface area contributed by atoms with Gasteiger partial charge in [0.05, 0.1) is 9.79 Å². The van der Waals surface area contributed by atoms with Crippen LogP contribution < -0.4 is 20.9 Å². The number of sulfonamides is 2. The summed E-state index contributed by atoms with van der Waals surface area (Å²) < 4.78 is 51.4. The molecule has 0 heterocycles. The minimum Gasteiger partial charge on any atom is -0.330 e. The average Bonchev–Trinajstić information content (AvgIpc) is 2.70. The van der Waals surface area contributed by atoms with E-state index in [1.807, 2.05) is 6.92 Å². The third kappa shape index (κ3) is 9.48. The molecule has 2 rings (SSSR count). The van der Waals surface area contributed by atoms with E-state index in [1.165, 1.54) is 0 Å². The smallest absolute Gasteiger partial charge is 0.240 e. The van der Waals surface area contributed by atoms with Gasteiger partial charge in [0.2, 0.25) is 20.0 Å². The lowest BCUT2D eigenvalue weighted by Gasteiger charge is -2.05. The molecule has 0 saturated carbocycles. The molecule has 2 aromatic carbocycles. The van der Waals surface area contributed by atoms with E-state index in [0.717, 1.165) is 5.56 Å². The summed E-state index contributed by atoms with van der Waals surface area (Å²) in [7, 11) is -6.69. The Morgan fingerprint density at radius 1 is 0.690 bits per heavy atom. The Hall–Kier alpha value is -1.82. The van der Waals surface area contributed by atoms with Crippen molar-refractivity contribution in [1.82, 2.24) is 9.44 Å². The molecule has 0 aliphatic rings. The van der Waals surface area contributed by atoms with Crippen molar-refractivity contribution in [3.63, 3.8) is 0 Å². The Kier molecular flexibility index (Phi) is 11.0. The van der Waals surface area contributed by atoms with E-state index < -0.39 is 20.0 Å². The summed E-state index contributed by atoms with van der Waals surface area (Å²) in [4.78, 5) is 0.585. The summed E-state index contributed by atoms with van der Waals surface area (Å²) >= 11 is 0. The number of nitrogens with one attached hydrogen (secondary N) is 2. The van der Waals surface area contributed by atoms with Gasteiger partial charge in [0.25, 0.3) is 0 Å². The average molecular weight is 443 g/mol. The molecule has 0 amide bonds. The number of hydrogen-bond donors (Lipinski definition) is 4. The van der Waals surface area contributed by atoms with Gasteiger partial charge in [-0.05, 0) is 57.1 Å². The van der Waals surface area contributed by atoms with E-state index in [2.05, 4.69) is 9.44 Å². The van der Waals surface area contributed by atoms with Crippen molar-refractivity contribution in [1.29, 1.82) is 0 Å². The van der Waals surface area contributed by atoms with Gasteiger partial charge in [0.1, 0.15) is 0 Å². The number of hydrogen-bond acceptors (Lipinski definition) is 6. The van der Waals surface area contributed by atoms with E-state index in [1.54, 1.807) is 54.6 Å². The molecule has 8 nitrogen and oxygen atoms in total. The molecule has 29 heavy (non-hydrogen) atoms. The van der Waals surface area contributed by atoms with Crippen molar-refractivity contribution in [2.24, 2.45) is 11.5 Å². The van der Waals surface area contributed by atoms with E-state index >= 15 is 0 Å². The van der Waals surface area contributed by atoms with E-state index in [9.17, 15) is 16.8 Å². The summed E-state index contributed by atoms with van der Waals surface area (Å²) in [5.74, 6) is 0. The Morgan fingerprint density at radius 3 is 1.52 bits per heavy atom. The van der Waals surface area contributed by atoms with Crippen LogP contribution in [0.15, 0.2) is 64.4 Å². The molecular weight excluding hydrogens is 412 g/mol. The van der Waals surface area contributed by atoms with Crippen LogP contribution in [0.3, 0.4) is 0 Å².